The Balaban J connectivity index is 1.48. The van der Waals surface area contributed by atoms with E-state index in [1.54, 1.807) is 18.5 Å². The lowest BCUT2D eigenvalue weighted by Gasteiger charge is -2.32. The van der Waals surface area contributed by atoms with E-state index < -0.39 is 0 Å². The Morgan fingerprint density at radius 1 is 1.25 bits per heavy atom. The summed E-state index contributed by atoms with van der Waals surface area (Å²) in [7, 11) is 0. The minimum absolute atomic E-state index is 0.0103. The molecule has 0 bridgehead atoms. The molecule has 5 heteroatoms. The molecule has 0 saturated carbocycles. The highest BCUT2D eigenvalue weighted by Gasteiger charge is 2.27. The molecular formula is C19H18N2O3. The minimum Gasteiger partial charge on any atom is -0.489 e. The summed E-state index contributed by atoms with van der Waals surface area (Å²) in [6.07, 6.45) is 5.20. The van der Waals surface area contributed by atoms with Crippen molar-refractivity contribution in [1.29, 1.82) is 0 Å². The second-order valence-corrected chi connectivity index (χ2v) is 5.97. The van der Waals surface area contributed by atoms with Gasteiger partial charge in [0, 0.05) is 18.1 Å². The molecule has 4 rings (SSSR count). The number of ether oxygens (including phenoxy) is 1. The zero-order chi connectivity index (χ0) is 16.4. The quantitative estimate of drug-likeness (QED) is 0.740. The first-order valence-electron chi connectivity index (χ1n) is 8.14. The van der Waals surface area contributed by atoms with Crippen LogP contribution in [0.3, 0.4) is 0 Å². The van der Waals surface area contributed by atoms with E-state index >= 15 is 0 Å². The number of rotatable bonds is 3. The fourth-order valence-corrected chi connectivity index (χ4v) is 3.06. The van der Waals surface area contributed by atoms with E-state index in [-0.39, 0.29) is 12.0 Å². The summed E-state index contributed by atoms with van der Waals surface area (Å²) in [4.78, 5) is 18.5. The molecule has 1 unspecified atom stereocenters. The topological polar surface area (TPSA) is 55.6 Å². The van der Waals surface area contributed by atoms with Crippen LogP contribution in [0.5, 0.6) is 5.75 Å². The maximum atomic E-state index is 12.7. The Bertz CT molecular complexity index is 811. The van der Waals surface area contributed by atoms with E-state index in [1.165, 1.54) is 0 Å². The molecule has 122 valence electrons. The molecule has 1 saturated heterocycles. The molecule has 1 aliphatic heterocycles. The Kier molecular flexibility index (Phi) is 3.91. The summed E-state index contributed by atoms with van der Waals surface area (Å²) in [5.74, 6) is 1.11. The minimum atomic E-state index is -0.0902. The summed E-state index contributed by atoms with van der Waals surface area (Å²) in [6.45, 7) is 1.30. The van der Waals surface area contributed by atoms with Gasteiger partial charge in [-0.25, -0.2) is 0 Å². The van der Waals surface area contributed by atoms with Gasteiger partial charge in [0.1, 0.15) is 11.9 Å². The number of fused-ring (bicyclic) bond motifs is 1. The van der Waals surface area contributed by atoms with Gasteiger partial charge in [0.2, 0.25) is 0 Å². The van der Waals surface area contributed by atoms with Gasteiger partial charge in [-0.05, 0) is 37.1 Å². The van der Waals surface area contributed by atoms with Gasteiger partial charge >= 0.3 is 0 Å². The van der Waals surface area contributed by atoms with E-state index in [9.17, 15) is 4.79 Å². The lowest BCUT2D eigenvalue weighted by atomic mass is 10.1. The number of nitrogens with zero attached hydrogens (tertiary/aromatic N) is 2. The smallest absolute Gasteiger partial charge is 0.289 e. The second-order valence-electron chi connectivity index (χ2n) is 5.97. The molecule has 0 N–H and O–H groups in total. The van der Waals surface area contributed by atoms with Gasteiger partial charge in [0.15, 0.2) is 11.3 Å². The number of carbonyl (C=O) groups is 1. The third kappa shape index (κ3) is 2.97. The van der Waals surface area contributed by atoms with Crippen LogP contribution in [0.4, 0.5) is 0 Å². The van der Waals surface area contributed by atoms with Crippen molar-refractivity contribution >= 4 is 16.9 Å². The fourth-order valence-electron chi connectivity index (χ4n) is 3.06. The molecule has 1 amide bonds. The number of carbonyl (C=O) groups excluding carboxylic acids is 1. The number of amides is 1. The van der Waals surface area contributed by atoms with Crippen LogP contribution in [0.15, 0.2) is 59.3 Å². The zero-order valence-electron chi connectivity index (χ0n) is 13.2. The predicted molar refractivity (Wildman–Crippen MR) is 90.0 cm³/mol. The van der Waals surface area contributed by atoms with Gasteiger partial charge in [-0.2, -0.15) is 0 Å². The highest BCUT2D eigenvalue weighted by Crippen LogP contribution is 2.22. The molecule has 1 fully saturated rings. The first-order chi connectivity index (χ1) is 11.8. The van der Waals surface area contributed by atoms with Crippen LogP contribution in [0.2, 0.25) is 0 Å². The summed E-state index contributed by atoms with van der Waals surface area (Å²) in [5, 5.41) is 0.891. The number of hydrogen-bond donors (Lipinski definition) is 0. The standard InChI is InChI=1S/C19H18N2O3/c22-19(17-11-14-8-9-20-12-18(14)24-17)21-10-4-7-16(13-21)23-15-5-2-1-3-6-15/h1-3,5-6,8-9,11-12,16H,4,7,10,13H2. The van der Waals surface area contributed by atoms with Crippen molar-refractivity contribution in [3.05, 3.63) is 60.6 Å². The molecule has 0 radical (unpaired) electrons. The normalized spacial score (nSPS) is 17.8. The van der Waals surface area contributed by atoms with E-state index in [0.29, 0.717) is 17.9 Å². The van der Waals surface area contributed by atoms with Crippen molar-refractivity contribution in [3.63, 3.8) is 0 Å². The maximum absolute atomic E-state index is 12.7. The number of para-hydroxylation sites is 1. The van der Waals surface area contributed by atoms with Crippen molar-refractivity contribution < 1.29 is 13.9 Å². The summed E-state index contributed by atoms with van der Waals surface area (Å²) in [6, 6.07) is 13.3. The van der Waals surface area contributed by atoms with Crippen LogP contribution in [0.1, 0.15) is 23.4 Å². The van der Waals surface area contributed by atoms with Crippen molar-refractivity contribution in [3.8, 4) is 5.75 Å². The first-order valence-corrected chi connectivity index (χ1v) is 8.14. The average Bonchev–Trinajstić information content (AvgIpc) is 3.06. The summed E-state index contributed by atoms with van der Waals surface area (Å²) < 4.78 is 11.6. The number of furan rings is 1. The maximum Gasteiger partial charge on any atom is 0.289 e. The Labute approximate surface area is 139 Å². The van der Waals surface area contributed by atoms with Crippen molar-refractivity contribution in [1.82, 2.24) is 9.88 Å². The number of likely N-dealkylation sites (tertiary alicyclic amines) is 1. The molecule has 3 aromatic rings. The molecule has 3 heterocycles. The van der Waals surface area contributed by atoms with E-state index in [1.807, 2.05) is 41.3 Å². The van der Waals surface area contributed by atoms with E-state index in [4.69, 9.17) is 9.15 Å². The summed E-state index contributed by atoms with van der Waals surface area (Å²) >= 11 is 0. The number of aromatic nitrogens is 1. The van der Waals surface area contributed by atoms with Gasteiger partial charge in [-0.15, -0.1) is 0 Å². The molecular weight excluding hydrogens is 304 g/mol. The van der Waals surface area contributed by atoms with Gasteiger partial charge in [0.05, 0.1) is 12.7 Å². The fraction of sp³-hybridized carbons (Fsp3) is 0.263. The monoisotopic (exact) mass is 322 g/mol. The van der Waals surface area contributed by atoms with E-state index in [2.05, 4.69) is 4.98 Å². The number of benzene rings is 1. The van der Waals surface area contributed by atoms with Crippen molar-refractivity contribution in [2.45, 2.75) is 18.9 Å². The highest BCUT2D eigenvalue weighted by molar-refractivity contribution is 5.96. The number of piperidine rings is 1. The number of pyridine rings is 1. The van der Waals surface area contributed by atoms with Gasteiger partial charge in [0.25, 0.3) is 5.91 Å². The third-order valence-corrected chi connectivity index (χ3v) is 4.25. The van der Waals surface area contributed by atoms with E-state index in [0.717, 1.165) is 30.5 Å². The predicted octanol–water partition coefficient (Wildman–Crippen LogP) is 3.51. The SMILES string of the molecule is O=C(c1cc2ccncc2o1)N1CCCC(Oc2ccccc2)C1. The lowest BCUT2D eigenvalue weighted by molar-refractivity contribution is 0.0512. The molecule has 1 atom stereocenters. The van der Waals surface area contributed by atoms with Crippen LogP contribution in [0.25, 0.3) is 11.0 Å². The molecule has 24 heavy (non-hydrogen) atoms. The highest BCUT2D eigenvalue weighted by atomic mass is 16.5. The molecule has 5 nitrogen and oxygen atoms in total. The molecule has 0 aliphatic carbocycles. The Morgan fingerprint density at radius 2 is 2.12 bits per heavy atom. The second kappa shape index (κ2) is 6.35. The zero-order valence-corrected chi connectivity index (χ0v) is 13.2. The largest absolute Gasteiger partial charge is 0.489 e. The van der Waals surface area contributed by atoms with Crippen LogP contribution >= 0.6 is 0 Å². The first kappa shape index (κ1) is 14.8. The van der Waals surface area contributed by atoms with Gasteiger partial charge in [-0.1, -0.05) is 18.2 Å². The lowest BCUT2D eigenvalue weighted by Crippen LogP contribution is -2.44. The van der Waals surface area contributed by atoms with Crippen molar-refractivity contribution in [2.75, 3.05) is 13.1 Å². The van der Waals surface area contributed by atoms with Crippen LogP contribution in [-0.2, 0) is 0 Å². The van der Waals surface area contributed by atoms with Crippen molar-refractivity contribution in [2.24, 2.45) is 0 Å². The van der Waals surface area contributed by atoms with Gasteiger partial charge in [-0.3, -0.25) is 9.78 Å². The third-order valence-electron chi connectivity index (χ3n) is 4.25. The van der Waals surface area contributed by atoms with Crippen LogP contribution in [-0.4, -0.2) is 35.0 Å². The Morgan fingerprint density at radius 3 is 2.96 bits per heavy atom. The summed E-state index contributed by atoms with van der Waals surface area (Å²) in [5.41, 5.74) is 0.634. The molecule has 2 aromatic heterocycles. The Hall–Kier alpha value is -2.82. The molecule has 1 aliphatic rings. The molecule has 0 spiro atoms. The number of hydrogen-bond acceptors (Lipinski definition) is 4. The van der Waals surface area contributed by atoms with Crippen LogP contribution in [0, 0.1) is 0 Å². The molecule has 1 aromatic carbocycles. The van der Waals surface area contributed by atoms with Gasteiger partial charge < -0.3 is 14.1 Å². The van der Waals surface area contributed by atoms with Crippen LogP contribution < -0.4 is 4.74 Å². The average molecular weight is 322 g/mol.